The Hall–Kier alpha value is -1.89. The largest absolute Gasteiger partial charge is 0.373 e. The molecule has 0 aromatic carbocycles. The number of carbonyl (C=O) groups excluding carboxylic acids is 1. The minimum Gasteiger partial charge on any atom is -0.373 e. The van der Waals surface area contributed by atoms with E-state index in [1.165, 1.54) is 32.5 Å². The number of nitrogens with zero attached hydrogens (tertiary/aromatic N) is 1. The molecule has 1 aliphatic carbocycles. The zero-order chi connectivity index (χ0) is 16.4. The minimum absolute atomic E-state index is 0.00668. The van der Waals surface area contributed by atoms with Crippen molar-refractivity contribution in [2.75, 3.05) is 6.61 Å². The lowest BCUT2D eigenvalue weighted by molar-refractivity contribution is -0.121. The number of hydrogen-bond acceptors (Lipinski definition) is 4. The molecule has 2 aliphatic rings. The van der Waals surface area contributed by atoms with Crippen molar-refractivity contribution < 1.29 is 9.53 Å². The van der Waals surface area contributed by atoms with Gasteiger partial charge in [0.25, 0.3) is 5.56 Å². The fourth-order valence-corrected chi connectivity index (χ4v) is 3.67. The number of carbonyl (C=O) groups is 1. The molecule has 2 heterocycles. The van der Waals surface area contributed by atoms with Crippen LogP contribution in [-0.4, -0.2) is 33.7 Å². The second kappa shape index (κ2) is 6.31. The molecule has 1 saturated heterocycles. The van der Waals surface area contributed by atoms with Crippen molar-refractivity contribution in [3.05, 3.63) is 32.6 Å². The van der Waals surface area contributed by atoms with Crippen molar-refractivity contribution in [1.29, 1.82) is 0 Å². The van der Waals surface area contributed by atoms with Gasteiger partial charge in [-0.1, -0.05) is 19.3 Å². The number of H-pyrrole nitrogens is 1. The predicted octanol–water partition coefficient (Wildman–Crippen LogP) is 0.224. The number of nitrogens with one attached hydrogen (secondary N) is 2. The number of aromatic amines is 1. The Balaban J connectivity index is 1.59. The SMILES string of the molecule is Cn1c(=O)[nH]cc(CC(=O)N[C@@H]2COC3(CCCCC3)C2)c1=O. The topological polar surface area (TPSA) is 93.2 Å². The zero-order valence-electron chi connectivity index (χ0n) is 13.4. The molecular weight excluding hydrogens is 298 g/mol. The molecule has 3 rings (SSSR count). The molecule has 0 unspecified atom stereocenters. The van der Waals surface area contributed by atoms with E-state index in [1.54, 1.807) is 0 Å². The van der Waals surface area contributed by atoms with Gasteiger partial charge in [-0.3, -0.25) is 14.2 Å². The second-order valence-corrected chi connectivity index (χ2v) is 6.68. The zero-order valence-corrected chi connectivity index (χ0v) is 13.4. The fraction of sp³-hybridized carbons (Fsp3) is 0.688. The van der Waals surface area contributed by atoms with Gasteiger partial charge in [0.1, 0.15) is 0 Å². The van der Waals surface area contributed by atoms with Gasteiger partial charge in [-0.05, 0) is 19.3 Å². The normalized spacial score (nSPS) is 23.1. The monoisotopic (exact) mass is 321 g/mol. The van der Waals surface area contributed by atoms with Crippen molar-refractivity contribution in [2.24, 2.45) is 7.05 Å². The second-order valence-electron chi connectivity index (χ2n) is 6.68. The van der Waals surface area contributed by atoms with Gasteiger partial charge < -0.3 is 15.0 Å². The first-order valence-electron chi connectivity index (χ1n) is 8.20. The van der Waals surface area contributed by atoms with Crippen molar-refractivity contribution in [3.8, 4) is 0 Å². The smallest absolute Gasteiger partial charge is 0.328 e. The molecule has 1 amide bonds. The number of amides is 1. The van der Waals surface area contributed by atoms with E-state index in [1.807, 2.05) is 0 Å². The van der Waals surface area contributed by atoms with Crippen LogP contribution in [0.1, 0.15) is 44.1 Å². The molecule has 126 valence electrons. The van der Waals surface area contributed by atoms with Crippen LogP contribution in [0.15, 0.2) is 15.8 Å². The number of hydrogen-bond donors (Lipinski definition) is 2. The van der Waals surface area contributed by atoms with Crippen LogP contribution in [0, 0.1) is 0 Å². The molecule has 0 bridgehead atoms. The van der Waals surface area contributed by atoms with E-state index in [9.17, 15) is 14.4 Å². The van der Waals surface area contributed by atoms with Gasteiger partial charge in [0.05, 0.1) is 24.7 Å². The van der Waals surface area contributed by atoms with E-state index in [2.05, 4.69) is 10.3 Å². The number of ether oxygens (including phenoxy) is 1. The lowest BCUT2D eigenvalue weighted by atomic mass is 9.82. The van der Waals surface area contributed by atoms with Crippen molar-refractivity contribution >= 4 is 5.91 Å². The lowest BCUT2D eigenvalue weighted by Gasteiger charge is -2.32. The quantitative estimate of drug-likeness (QED) is 0.833. The number of aromatic nitrogens is 2. The molecule has 1 aromatic heterocycles. The molecule has 1 atom stereocenters. The summed E-state index contributed by atoms with van der Waals surface area (Å²) in [6.45, 7) is 0.537. The predicted molar refractivity (Wildman–Crippen MR) is 84.3 cm³/mol. The first-order chi connectivity index (χ1) is 11.0. The maximum atomic E-state index is 12.2. The fourth-order valence-electron chi connectivity index (χ4n) is 3.67. The van der Waals surface area contributed by atoms with E-state index < -0.39 is 11.2 Å². The summed E-state index contributed by atoms with van der Waals surface area (Å²) in [4.78, 5) is 37.9. The average molecular weight is 321 g/mol. The summed E-state index contributed by atoms with van der Waals surface area (Å²) < 4.78 is 6.95. The van der Waals surface area contributed by atoms with Gasteiger partial charge in [0.2, 0.25) is 5.91 Å². The Morgan fingerprint density at radius 1 is 1.39 bits per heavy atom. The van der Waals surface area contributed by atoms with Crippen molar-refractivity contribution in [1.82, 2.24) is 14.9 Å². The van der Waals surface area contributed by atoms with Crippen LogP contribution in [0.3, 0.4) is 0 Å². The van der Waals surface area contributed by atoms with E-state index in [4.69, 9.17) is 4.74 Å². The Bertz CT molecular complexity index is 700. The summed E-state index contributed by atoms with van der Waals surface area (Å²) in [7, 11) is 1.39. The summed E-state index contributed by atoms with van der Waals surface area (Å²) in [5.41, 5.74) is -0.682. The first kappa shape index (κ1) is 16.0. The molecule has 2 N–H and O–H groups in total. The van der Waals surface area contributed by atoms with Crippen LogP contribution in [0.4, 0.5) is 0 Å². The van der Waals surface area contributed by atoms with Gasteiger partial charge >= 0.3 is 5.69 Å². The maximum Gasteiger partial charge on any atom is 0.328 e. The van der Waals surface area contributed by atoms with Crippen LogP contribution in [0.5, 0.6) is 0 Å². The molecule has 1 saturated carbocycles. The molecule has 7 heteroatoms. The summed E-state index contributed by atoms with van der Waals surface area (Å²) in [5.74, 6) is -0.212. The molecule has 0 radical (unpaired) electrons. The highest BCUT2D eigenvalue weighted by Crippen LogP contribution is 2.39. The van der Waals surface area contributed by atoms with Crippen LogP contribution in [0.2, 0.25) is 0 Å². The Labute approximate surface area is 134 Å². The van der Waals surface area contributed by atoms with Gasteiger partial charge in [0, 0.05) is 18.8 Å². The number of rotatable bonds is 3. The standard InChI is InChI=1S/C16H23N3O4/c1-19-14(21)11(9-17-15(19)22)7-13(20)18-12-8-16(23-10-12)5-3-2-4-6-16/h9,12H,2-8,10H2,1H3,(H,17,22)(H,18,20)/t12-/m0/s1. The molecule has 7 nitrogen and oxygen atoms in total. The van der Waals surface area contributed by atoms with E-state index in [0.29, 0.717) is 6.61 Å². The van der Waals surface area contributed by atoms with E-state index in [-0.39, 0.29) is 29.5 Å². The van der Waals surface area contributed by atoms with Crippen LogP contribution >= 0.6 is 0 Å². The summed E-state index contributed by atoms with van der Waals surface area (Å²) in [6.07, 6.45) is 7.91. The highest BCUT2D eigenvalue weighted by Gasteiger charge is 2.41. The highest BCUT2D eigenvalue weighted by atomic mass is 16.5. The van der Waals surface area contributed by atoms with Gasteiger partial charge in [0.15, 0.2) is 0 Å². The van der Waals surface area contributed by atoms with Crippen molar-refractivity contribution in [3.63, 3.8) is 0 Å². The van der Waals surface area contributed by atoms with Gasteiger partial charge in [-0.25, -0.2) is 4.79 Å². The molecule has 1 spiro atoms. The molecule has 2 fully saturated rings. The molecule has 1 aliphatic heterocycles. The Morgan fingerprint density at radius 2 is 2.13 bits per heavy atom. The lowest BCUT2D eigenvalue weighted by Crippen LogP contribution is -2.40. The molecule has 23 heavy (non-hydrogen) atoms. The third-order valence-electron chi connectivity index (χ3n) is 4.94. The highest BCUT2D eigenvalue weighted by molar-refractivity contribution is 5.78. The Morgan fingerprint density at radius 3 is 2.87 bits per heavy atom. The Kier molecular flexibility index (Phi) is 4.39. The first-order valence-corrected chi connectivity index (χ1v) is 8.20. The van der Waals surface area contributed by atoms with E-state index in [0.717, 1.165) is 23.8 Å². The van der Waals surface area contributed by atoms with Crippen LogP contribution < -0.4 is 16.6 Å². The third-order valence-corrected chi connectivity index (χ3v) is 4.94. The van der Waals surface area contributed by atoms with Crippen LogP contribution in [0.25, 0.3) is 0 Å². The van der Waals surface area contributed by atoms with Gasteiger partial charge in [-0.2, -0.15) is 0 Å². The maximum absolute atomic E-state index is 12.2. The summed E-state index contributed by atoms with van der Waals surface area (Å²) >= 11 is 0. The molecule has 1 aromatic rings. The average Bonchev–Trinajstić information content (AvgIpc) is 2.91. The summed E-state index contributed by atoms with van der Waals surface area (Å²) in [6, 6.07) is 0.00668. The third kappa shape index (κ3) is 3.39. The summed E-state index contributed by atoms with van der Waals surface area (Å²) in [5, 5.41) is 2.96. The van der Waals surface area contributed by atoms with Crippen LogP contribution in [-0.2, 0) is 23.0 Å². The van der Waals surface area contributed by atoms with E-state index >= 15 is 0 Å². The van der Waals surface area contributed by atoms with Crippen molar-refractivity contribution in [2.45, 2.75) is 56.6 Å². The molecular formula is C16H23N3O4. The van der Waals surface area contributed by atoms with Gasteiger partial charge in [-0.15, -0.1) is 0 Å². The minimum atomic E-state index is -0.484.